The number of hydrogen-bond acceptors (Lipinski definition) is 4. The molecule has 1 rings (SSSR count). The SMILES string of the molecule is C=CC[S+]([O-])c1nn[c]s1. The lowest BCUT2D eigenvalue weighted by Gasteiger charge is -2.00. The molecule has 1 aromatic rings. The van der Waals surface area contributed by atoms with Crippen LogP contribution in [0.25, 0.3) is 0 Å². The van der Waals surface area contributed by atoms with Gasteiger partial charge < -0.3 is 4.55 Å². The Morgan fingerprint density at radius 1 is 1.90 bits per heavy atom. The monoisotopic (exact) mass is 173 g/mol. The van der Waals surface area contributed by atoms with Crippen molar-refractivity contribution in [3.63, 3.8) is 0 Å². The minimum absolute atomic E-state index is 0.434. The van der Waals surface area contributed by atoms with Crippen LogP contribution in [0.2, 0.25) is 0 Å². The summed E-state index contributed by atoms with van der Waals surface area (Å²) in [7, 11) is 0. The Bertz CT molecular complexity index is 199. The third-order valence-electron chi connectivity index (χ3n) is 0.769. The molecule has 0 bridgehead atoms. The van der Waals surface area contributed by atoms with E-state index in [1.165, 1.54) is 11.3 Å². The predicted octanol–water partition coefficient (Wildman–Crippen LogP) is 0.632. The lowest BCUT2D eigenvalue weighted by Crippen LogP contribution is -2.03. The summed E-state index contributed by atoms with van der Waals surface area (Å²) in [4.78, 5) is 0. The van der Waals surface area contributed by atoms with Gasteiger partial charge in [-0.2, -0.15) is 0 Å². The van der Waals surface area contributed by atoms with Gasteiger partial charge in [-0.05, 0) is 17.4 Å². The average Bonchev–Trinajstić information content (AvgIpc) is 2.38. The van der Waals surface area contributed by atoms with E-state index in [4.69, 9.17) is 0 Å². The third kappa shape index (κ3) is 1.80. The van der Waals surface area contributed by atoms with Crippen LogP contribution in [0.3, 0.4) is 0 Å². The van der Waals surface area contributed by atoms with Gasteiger partial charge in [-0.15, -0.1) is 5.10 Å². The maximum atomic E-state index is 11.0. The predicted molar refractivity (Wildman–Crippen MR) is 40.2 cm³/mol. The number of nitrogens with zero attached hydrogens (tertiary/aromatic N) is 2. The Morgan fingerprint density at radius 2 is 2.70 bits per heavy atom. The fraction of sp³-hybridized carbons (Fsp3) is 0.200. The van der Waals surface area contributed by atoms with Crippen molar-refractivity contribution in [1.29, 1.82) is 0 Å². The van der Waals surface area contributed by atoms with Gasteiger partial charge in [0.2, 0.25) is 0 Å². The molecule has 0 amide bonds. The van der Waals surface area contributed by atoms with Crippen molar-refractivity contribution in [3.8, 4) is 0 Å². The van der Waals surface area contributed by atoms with Crippen molar-refractivity contribution < 1.29 is 4.55 Å². The molecule has 1 atom stereocenters. The van der Waals surface area contributed by atoms with Crippen LogP contribution in [0.15, 0.2) is 17.0 Å². The van der Waals surface area contributed by atoms with Gasteiger partial charge in [0.25, 0.3) is 0 Å². The molecule has 0 N–H and O–H groups in total. The summed E-state index contributed by atoms with van der Waals surface area (Å²) < 4.78 is 11.5. The molecule has 0 saturated heterocycles. The maximum absolute atomic E-state index is 11.0. The summed E-state index contributed by atoms with van der Waals surface area (Å²) in [6.45, 7) is 3.46. The molecule has 53 valence electrons. The van der Waals surface area contributed by atoms with Gasteiger partial charge >= 0.3 is 4.34 Å². The summed E-state index contributed by atoms with van der Waals surface area (Å²) in [5, 5.41) is 7.04. The molecule has 1 aromatic heterocycles. The summed E-state index contributed by atoms with van der Waals surface area (Å²) >= 11 is 0.119. The van der Waals surface area contributed by atoms with E-state index < -0.39 is 11.2 Å². The first-order valence-corrected chi connectivity index (χ1v) is 4.67. The van der Waals surface area contributed by atoms with Gasteiger partial charge in [-0.1, -0.05) is 11.7 Å². The van der Waals surface area contributed by atoms with E-state index in [-0.39, 0.29) is 0 Å². The topological polar surface area (TPSA) is 48.8 Å². The van der Waals surface area contributed by atoms with Gasteiger partial charge in [0, 0.05) is 11.2 Å². The normalized spacial score (nSPS) is 12.9. The molecular formula is C5H5N2OS2. The lowest BCUT2D eigenvalue weighted by molar-refractivity contribution is 0.596. The summed E-state index contributed by atoms with van der Waals surface area (Å²) in [5.41, 5.74) is 2.52. The number of aromatic nitrogens is 2. The van der Waals surface area contributed by atoms with Crippen LogP contribution in [0.5, 0.6) is 0 Å². The van der Waals surface area contributed by atoms with E-state index in [0.29, 0.717) is 10.1 Å². The van der Waals surface area contributed by atoms with Gasteiger partial charge in [-0.25, -0.2) is 0 Å². The van der Waals surface area contributed by atoms with E-state index in [2.05, 4.69) is 22.3 Å². The highest BCUT2D eigenvalue weighted by Crippen LogP contribution is 2.10. The highest BCUT2D eigenvalue weighted by Gasteiger charge is 2.11. The van der Waals surface area contributed by atoms with E-state index in [9.17, 15) is 4.55 Å². The molecule has 1 heterocycles. The third-order valence-corrected chi connectivity index (χ3v) is 3.02. The van der Waals surface area contributed by atoms with Crippen LogP contribution in [0.4, 0.5) is 0 Å². The molecule has 0 aliphatic carbocycles. The van der Waals surface area contributed by atoms with E-state index in [1.54, 1.807) is 6.08 Å². The molecule has 5 heteroatoms. The van der Waals surface area contributed by atoms with Crippen LogP contribution in [0, 0.1) is 5.51 Å². The summed E-state index contributed by atoms with van der Waals surface area (Å²) in [6.07, 6.45) is 1.59. The second-order valence-electron chi connectivity index (χ2n) is 1.46. The Labute approximate surface area is 66.0 Å². The van der Waals surface area contributed by atoms with E-state index in [0.717, 1.165) is 0 Å². The molecule has 0 fully saturated rings. The number of hydrogen-bond donors (Lipinski definition) is 0. The maximum Gasteiger partial charge on any atom is 0.322 e. The zero-order valence-corrected chi connectivity index (χ0v) is 6.74. The van der Waals surface area contributed by atoms with Crippen LogP contribution in [-0.2, 0) is 11.2 Å². The largest absolute Gasteiger partial charge is 0.609 e. The zero-order chi connectivity index (χ0) is 7.40. The average molecular weight is 173 g/mol. The second kappa shape index (κ2) is 3.70. The Kier molecular flexibility index (Phi) is 2.85. The van der Waals surface area contributed by atoms with E-state index >= 15 is 0 Å². The molecule has 1 unspecified atom stereocenters. The van der Waals surface area contributed by atoms with Gasteiger partial charge in [-0.3, -0.25) is 0 Å². The smallest absolute Gasteiger partial charge is 0.322 e. The van der Waals surface area contributed by atoms with Crippen LogP contribution >= 0.6 is 11.3 Å². The van der Waals surface area contributed by atoms with Crippen molar-refractivity contribution >= 4 is 22.5 Å². The first-order valence-electron chi connectivity index (χ1n) is 2.53. The number of rotatable bonds is 3. The quantitative estimate of drug-likeness (QED) is 0.497. The van der Waals surface area contributed by atoms with Gasteiger partial charge in [0.15, 0.2) is 5.51 Å². The summed E-state index contributed by atoms with van der Waals surface area (Å²) in [6, 6.07) is 0. The first kappa shape index (κ1) is 7.71. The molecule has 0 spiro atoms. The minimum atomic E-state index is -1.06. The highest BCUT2D eigenvalue weighted by molar-refractivity contribution is 7.93. The zero-order valence-electron chi connectivity index (χ0n) is 5.11. The van der Waals surface area contributed by atoms with Crippen LogP contribution < -0.4 is 0 Å². The fourth-order valence-corrected chi connectivity index (χ4v) is 1.83. The van der Waals surface area contributed by atoms with Crippen molar-refractivity contribution in [2.24, 2.45) is 0 Å². The van der Waals surface area contributed by atoms with Crippen molar-refractivity contribution in [1.82, 2.24) is 10.2 Å². The molecule has 0 saturated carbocycles. The molecule has 1 radical (unpaired) electrons. The van der Waals surface area contributed by atoms with Crippen molar-refractivity contribution in [3.05, 3.63) is 18.2 Å². The lowest BCUT2D eigenvalue weighted by atomic mass is 10.8. The van der Waals surface area contributed by atoms with E-state index in [1.807, 2.05) is 0 Å². The first-order chi connectivity index (χ1) is 4.84. The summed E-state index contributed by atoms with van der Waals surface area (Å²) in [5.74, 6) is 0.434. The van der Waals surface area contributed by atoms with Gasteiger partial charge in [0.1, 0.15) is 5.75 Å². The Balaban J connectivity index is 2.58. The van der Waals surface area contributed by atoms with Crippen LogP contribution in [-0.4, -0.2) is 20.5 Å². The van der Waals surface area contributed by atoms with Gasteiger partial charge in [0.05, 0.1) is 0 Å². The van der Waals surface area contributed by atoms with Crippen molar-refractivity contribution in [2.75, 3.05) is 5.75 Å². The molecular weight excluding hydrogens is 168 g/mol. The standard InChI is InChI=1S/C5H5N2OS2/c1-2-3-10(8)5-7-6-4-9-5/h2H,1,3H2. The minimum Gasteiger partial charge on any atom is -0.609 e. The Hall–Kier alpha value is -0.390. The molecule has 3 nitrogen and oxygen atoms in total. The fourth-order valence-electron chi connectivity index (χ4n) is 0.411. The molecule has 0 aliphatic heterocycles. The highest BCUT2D eigenvalue weighted by atomic mass is 32.2. The molecule has 10 heavy (non-hydrogen) atoms. The van der Waals surface area contributed by atoms with Crippen LogP contribution in [0.1, 0.15) is 0 Å². The second-order valence-corrected chi connectivity index (χ2v) is 3.90. The van der Waals surface area contributed by atoms with Crippen molar-refractivity contribution in [2.45, 2.75) is 4.34 Å². The molecule has 0 aromatic carbocycles. The molecule has 0 aliphatic rings. The Morgan fingerprint density at radius 3 is 3.20 bits per heavy atom.